The normalized spacial score (nSPS) is 58.2. The summed E-state index contributed by atoms with van der Waals surface area (Å²) in [5.41, 5.74) is 0.931. The van der Waals surface area contributed by atoms with Crippen molar-refractivity contribution in [1.82, 2.24) is 0 Å². The molecule has 3 saturated carbocycles. The van der Waals surface area contributed by atoms with Crippen molar-refractivity contribution in [2.24, 2.45) is 39.9 Å². The van der Waals surface area contributed by atoms with E-state index < -0.39 is 12.6 Å². The maximum absolute atomic E-state index is 10.5. The Bertz CT molecular complexity index is 489. The van der Waals surface area contributed by atoms with Gasteiger partial charge >= 0.3 is 0 Å². The number of ether oxygens (including phenoxy) is 1. The molecule has 1 unspecified atom stereocenters. The fourth-order valence-electron chi connectivity index (χ4n) is 7.96. The van der Waals surface area contributed by atoms with Crippen molar-refractivity contribution < 1.29 is 14.9 Å². The van der Waals surface area contributed by atoms with E-state index in [4.69, 9.17) is 4.74 Å². The summed E-state index contributed by atoms with van der Waals surface area (Å²) in [6, 6.07) is 0. The molecule has 1 saturated heterocycles. The summed E-state index contributed by atoms with van der Waals surface area (Å²) in [6.45, 7) is 9.88. The van der Waals surface area contributed by atoms with Gasteiger partial charge in [-0.1, -0.05) is 34.1 Å². The van der Waals surface area contributed by atoms with Crippen LogP contribution in [0.15, 0.2) is 0 Å². The summed E-state index contributed by atoms with van der Waals surface area (Å²) >= 11 is 0. The molecule has 0 amide bonds. The molecule has 4 fully saturated rings. The molecule has 0 radical (unpaired) electrons. The van der Waals surface area contributed by atoms with Gasteiger partial charge in [0.1, 0.15) is 0 Å². The maximum atomic E-state index is 10.5. The van der Waals surface area contributed by atoms with Crippen LogP contribution in [0.25, 0.3) is 0 Å². The predicted octanol–water partition coefficient (Wildman–Crippen LogP) is 3.93. The van der Waals surface area contributed by atoms with Gasteiger partial charge in [-0.3, -0.25) is 0 Å². The first-order valence-electron chi connectivity index (χ1n) is 9.72. The second-order valence-electron chi connectivity index (χ2n) is 10.2. The molecule has 1 aliphatic heterocycles. The Morgan fingerprint density at radius 3 is 2.26 bits per heavy atom. The molecule has 23 heavy (non-hydrogen) atoms. The Labute approximate surface area is 140 Å². The van der Waals surface area contributed by atoms with Crippen LogP contribution in [0.4, 0.5) is 0 Å². The third-order valence-electron chi connectivity index (χ3n) is 8.80. The maximum Gasteiger partial charge on any atom is 0.161 e. The lowest BCUT2D eigenvalue weighted by Gasteiger charge is -2.66. The quantitative estimate of drug-likeness (QED) is 0.710. The SMILES string of the molecule is CC1(C)CCC[C@]2(C)C3CC[C@@H]4[C@@H]([C@@H](O)O[C@H]4O)[C@]3(C)CC[C@@H]12. The van der Waals surface area contributed by atoms with Crippen LogP contribution in [-0.4, -0.2) is 22.8 Å². The Hall–Kier alpha value is -0.120. The molecule has 3 nitrogen and oxygen atoms in total. The van der Waals surface area contributed by atoms with Gasteiger partial charge in [-0.2, -0.15) is 0 Å². The minimum Gasteiger partial charge on any atom is -0.368 e. The summed E-state index contributed by atoms with van der Waals surface area (Å²) in [6.07, 6.45) is 7.12. The Morgan fingerprint density at radius 2 is 1.52 bits per heavy atom. The highest BCUT2D eigenvalue weighted by Crippen LogP contribution is 2.70. The topological polar surface area (TPSA) is 49.7 Å². The first-order chi connectivity index (χ1) is 10.7. The average molecular weight is 322 g/mol. The lowest BCUT2D eigenvalue weighted by molar-refractivity contribution is -0.203. The van der Waals surface area contributed by atoms with Crippen molar-refractivity contribution in [2.75, 3.05) is 0 Å². The highest BCUT2D eigenvalue weighted by atomic mass is 16.7. The highest BCUT2D eigenvalue weighted by Gasteiger charge is 2.65. The van der Waals surface area contributed by atoms with E-state index in [0.717, 1.165) is 12.3 Å². The zero-order valence-electron chi connectivity index (χ0n) is 15.2. The second-order valence-corrected chi connectivity index (χ2v) is 10.2. The van der Waals surface area contributed by atoms with Gasteiger partial charge in [-0.15, -0.1) is 0 Å². The van der Waals surface area contributed by atoms with Crippen molar-refractivity contribution in [2.45, 2.75) is 85.2 Å². The number of rotatable bonds is 0. The van der Waals surface area contributed by atoms with E-state index in [0.29, 0.717) is 16.7 Å². The summed E-state index contributed by atoms with van der Waals surface area (Å²) in [7, 11) is 0. The van der Waals surface area contributed by atoms with Crippen LogP contribution in [0.5, 0.6) is 0 Å². The van der Waals surface area contributed by atoms with Crippen LogP contribution in [-0.2, 0) is 4.74 Å². The van der Waals surface area contributed by atoms with Crippen LogP contribution in [0.1, 0.15) is 72.6 Å². The molecule has 3 heteroatoms. The van der Waals surface area contributed by atoms with E-state index in [2.05, 4.69) is 27.7 Å². The molecule has 0 aromatic rings. The molecule has 8 atom stereocenters. The molecular weight excluding hydrogens is 288 g/mol. The highest BCUT2D eigenvalue weighted by molar-refractivity contribution is 5.12. The van der Waals surface area contributed by atoms with E-state index in [9.17, 15) is 10.2 Å². The number of hydrogen-bond donors (Lipinski definition) is 2. The van der Waals surface area contributed by atoms with Crippen molar-refractivity contribution in [3.63, 3.8) is 0 Å². The monoisotopic (exact) mass is 322 g/mol. The summed E-state index contributed by atoms with van der Waals surface area (Å²) in [4.78, 5) is 0. The third kappa shape index (κ3) is 2.05. The van der Waals surface area contributed by atoms with Gasteiger partial charge in [0, 0.05) is 11.8 Å². The number of aliphatic hydroxyl groups excluding tert-OH is 2. The van der Waals surface area contributed by atoms with E-state index in [1.165, 1.54) is 38.5 Å². The van der Waals surface area contributed by atoms with Crippen LogP contribution in [0, 0.1) is 39.9 Å². The van der Waals surface area contributed by atoms with Crippen molar-refractivity contribution in [1.29, 1.82) is 0 Å². The molecule has 0 spiro atoms. The van der Waals surface area contributed by atoms with Gasteiger partial charge in [0.25, 0.3) is 0 Å². The molecule has 0 bridgehead atoms. The summed E-state index contributed by atoms with van der Waals surface area (Å²) in [5, 5.41) is 20.7. The van der Waals surface area contributed by atoms with E-state index in [-0.39, 0.29) is 17.3 Å². The first kappa shape index (κ1) is 16.4. The Balaban J connectivity index is 1.72. The minimum absolute atomic E-state index is 0.110. The largest absolute Gasteiger partial charge is 0.368 e. The Kier molecular flexibility index (Phi) is 3.52. The number of fused-ring (bicyclic) bond motifs is 5. The summed E-state index contributed by atoms with van der Waals surface area (Å²) in [5.74, 6) is 1.68. The average Bonchev–Trinajstić information content (AvgIpc) is 2.73. The van der Waals surface area contributed by atoms with Gasteiger partial charge < -0.3 is 14.9 Å². The van der Waals surface area contributed by atoms with Crippen LogP contribution in [0.2, 0.25) is 0 Å². The molecule has 2 N–H and O–H groups in total. The molecule has 132 valence electrons. The molecule has 4 aliphatic rings. The zero-order chi connectivity index (χ0) is 16.6. The van der Waals surface area contributed by atoms with Crippen molar-refractivity contribution >= 4 is 0 Å². The van der Waals surface area contributed by atoms with Crippen molar-refractivity contribution in [3.05, 3.63) is 0 Å². The fraction of sp³-hybridized carbons (Fsp3) is 1.00. The van der Waals surface area contributed by atoms with Gasteiger partial charge in [-0.25, -0.2) is 0 Å². The van der Waals surface area contributed by atoms with E-state index >= 15 is 0 Å². The van der Waals surface area contributed by atoms with Gasteiger partial charge in [0.15, 0.2) is 12.6 Å². The first-order valence-corrected chi connectivity index (χ1v) is 9.72. The fourth-order valence-corrected chi connectivity index (χ4v) is 7.96. The van der Waals surface area contributed by atoms with E-state index in [1.807, 2.05) is 0 Å². The molecule has 4 rings (SSSR count). The van der Waals surface area contributed by atoms with Crippen LogP contribution < -0.4 is 0 Å². The second kappa shape index (κ2) is 4.95. The molecule has 1 heterocycles. The van der Waals surface area contributed by atoms with Gasteiger partial charge in [-0.05, 0) is 66.6 Å². The van der Waals surface area contributed by atoms with Crippen LogP contribution >= 0.6 is 0 Å². The number of aliphatic hydroxyl groups is 2. The molecule has 0 aromatic carbocycles. The molecule has 0 aromatic heterocycles. The summed E-state index contributed by atoms with van der Waals surface area (Å²) < 4.78 is 5.44. The molecular formula is C20H34O3. The standard InChI is InChI=1S/C20H34O3/c1-18(2)9-5-10-19(3)13(18)8-11-20(4)14(19)7-6-12-15(20)17(22)23-16(12)21/h12-17,21-22H,5-11H2,1-4H3/t12-,13+,14?,15+,16-,17+,19+,20-/m1/s1. The predicted molar refractivity (Wildman–Crippen MR) is 89.4 cm³/mol. The van der Waals surface area contributed by atoms with Crippen LogP contribution in [0.3, 0.4) is 0 Å². The number of hydrogen-bond acceptors (Lipinski definition) is 3. The Morgan fingerprint density at radius 1 is 0.783 bits per heavy atom. The molecule has 3 aliphatic carbocycles. The van der Waals surface area contributed by atoms with Gasteiger partial charge in [0.05, 0.1) is 0 Å². The van der Waals surface area contributed by atoms with E-state index in [1.54, 1.807) is 0 Å². The lowest BCUT2D eigenvalue weighted by atomic mass is 9.39. The lowest BCUT2D eigenvalue weighted by Crippen LogP contribution is -2.60. The minimum atomic E-state index is -0.778. The zero-order valence-corrected chi connectivity index (χ0v) is 15.2. The van der Waals surface area contributed by atoms with Gasteiger partial charge in [0.2, 0.25) is 0 Å². The smallest absolute Gasteiger partial charge is 0.161 e. The third-order valence-corrected chi connectivity index (χ3v) is 8.80. The van der Waals surface area contributed by atoms with Crippen molar-refractivity contribution in [3.8, 4) is 0 Å².